The second kappa shape index (κ2) is 9.94. The normalized spacial score (nSPS) is 22.6. The molecule has 3 rings (SSSR count). The monoisotopic (exact) mass is 472 g/mol. The third-order valence-electron chi connectivity index (χ3n) is 5.50. The number of sulfonamides is 1. The Morgan fingerprint density at radius 2 is 1.97 bits per heavy atom. The molecule has 0 saturated carbocycles. The lowest BCUT2D eigenvalue weighted by Crippen LogP contribution is -2.42. The fourth-order valence-electron chi connectivity index (χ4n) is 4.04. The molecule has 0 radical (unpaired) electrons. The largest absolute Gasteiger partial charge is 0.490 e. The molecule has 1 aromatic heterocycles. The molecule has 7 nitrogen and oxygen atoms in total. The summed E-state index contributed by atoms with van der Waals surface area (Å²) in [6.45, 7) is 4.26. The number of piperidine rings is 1. The van der Waals surface area contributed by atoms with Crippen LogP contribution in [0, 0.1) is 5.41 Å². The molecule has 1 atom stereocenters. The number of carbonyl (C=O) groups is 1. The first-order valence-electron chi connectivity index (χ1n) is 9.36. The van der Waals surface area contributed by atoms with E-state index in [4.69, 9.17) is 14.6 Å². The van der Waals surface area contributed by atoms with Gasteiger partial charge in [-0.3, -0.25) is 4.90 Å². The Kier molecular flexibility index (Phi) is 8.30. The summed E-state index contributed by atoms with van der Waals surface area (Å²) in [4.78, 5) is 11.4. The van der Waals surface area contributed by atoms with Gasteiger partial charge in [0.15, 0.2) is 0 Å². The molecule has 1 unspecified atom stereocenters. The average molecular weight is 473 g/mol. The molecular weight excluding hydrogens is 445 g/mol. The van der Waals surface area contributed by atoms with Crippen LogP contribution in [0.3, 0.4) is 0 Å². The van der Waals surface area contributed by atoms with Crippen molar-refractivity contribution in [3.63, 3.8) is 0 Å². The van der Waals surface area contributed by atoms with Gasteiger partial charge in [0, 0.05) is 26.2 Å². The van der Waals surface area contributed by atoms with Gasteiger partial charge >= 0.3 is 12.1 Å². The van der Waals surface area contributed by atoms with E-state index in [0.717, 1.165) is 38.9 Å². The highest BCUT2D eigenvalue weighted by Gasteiger charge is 2.48. The number of likely N-dealkylation sites (tertiary alicyclic amines) is 1. The molecule has 0 amide bonds. The molecule has 1 aromatic rings. The number of alkyl halides is 3. The average Bonchev–Trinajstić information content (AvgIpc) is 3.25. The quantitative estimate of drug-likeness (QED) is 0.709. The Morgan fingerprint density at radius 1 is 1.37 bits per heavy atom. The Bertz CT molecular complexity index is 791. The standard InChI is InChI=1S/C16H26N2O3S2.C2HF3O2/c1-21-11-15-9-16(13-18(15)23(2,19)20)4-6-17(7-5-16)10-14-3-8-22-12-14;3-2(4,5)1(6)7/h3,8,12,15H,4-7,9-11,13H2,1-2H3;(H,6,7). The van der Waals surface area contributed by atoms with Crippen molar-refractivity contribution in [2.45, 2.75) is 38.0 Å². The highest BCUT2D eigenvalue weighted by atomic mass is 32.2. The maximum atomic E-state index is 12.1. The summed E-state index contributed by atoms with van der Waals surface area (Å²) in [6.07, 6.45) is -0.687. The highest BCUT2D eigenvalue weighted by molar-refractivity contribution is 7.88. The van der Waals surface area contributed by atoms with Crippen molar-refractivity contribution < 1.29 is 36.2 Å². The Labute approximate surface area is 178 Å². The van der Waals surface area contributed by atoms with Gasteiger partial charge in [-0.05, 0) is 60.2 Å². The van der Waals surface area contributed by atoms with E-state index >= 15 is 0 Å². The van der Waals surface area contributed by atoms with E-state index in [1.54, 1.807) is 22.8 Å². The van der Waals surface area contributed by atoms with Crippen LogP contribution in [-0.4, -0.2) is 80.5 Å². The summed E-state index contributed by atoms with van der Waals surface area (Å²) >= 11 is 1.74. The first-order valence-corrected chi connectivity index (χ1v) is 12.1. The van der Waals surface area contributed by atoms with Crippen LogP contribution in [-0.2, 0) is 26.1 Å². The third kappa shape index (κ3) is 6.91. The number of nitrogens with zero attached hydrogens (tertiary/aromatic N) is 2. The first kappa shape index (κ1) is 25.1. The Morgan fingerprint density at radius 3 is 2.40 bits per heavy atom. The van der Waals surface area contributed by atoms with Crippen LogP contribution in [0.4, 0.5) is 13.2 Å². The molecule has 172 valence electrons. The van der Waals surface area contributed by atoms with Gasteiger partial charge < -0.3 is 9.84 Å². The maximum absolute atomic E-state index is 12.1. The molecule has 0 aliphatic carbocycles. The zero-order valence-corrected chi connectivity index (χ0v) is 18.5. The van der Waals surface area contributed by atoms with Crippen LogP contribution < -0.4 is 0 Å². The van der Waals surface area contributed by atoms with Crippen LogP contribution in [0.15, 0.2) is 16.8 Å². The molecule has 1 spiro atoms. The minimum absolute atomic E-state index is 0.00146. The number of hydrogen-bond donors (Lipinski definition) is 1. The maximum Gasteiger partial charge on any atom is 0.490 e. The molecule has 3 heterocycles. The summed E-state index contributed by atoms with van der Waals surface area (Å²) in [5.74, 6) is -2.76. The second-order valence-corrected chi connectivity index (χ2v) is 10.5. The number of carboxylic acids is 1. The molecule has 0 aromatic carbocycles. The van der Waals surface area contributed by atoms with Gasteiger partial charge in [-0.25, -0.2) is 13.2 Å². The molecule has 2 aliphatic heterocycles. The van der Waals surface area contributed by atoms with Crippen molar-refractivity contribution in [2.75, 3.05) is 39.6 Å². The number of ether oxygens (including phenoxy) is 1. The summed E-state index contributed by atoms with van der Waals surface area (Å²) in [5.41, 5.74) is 1.52. The van der Waals surface area contributed by atoms with E-state index in [2.05, 4.69) is 21.7 Å². The highest BCUT2D eigenvalue weighted by Crippen LogP contribution is 2.44. The summed E-state index contributed by atoms with van der Waals surface area (Å²) < 4.78 is 62.8. The van der Waals surface area contributed by atoms with Gasteiger partial charge in [0.25, 0.3) is 0 Å². The molecule has 1 N–H and O–H groups in total. The van der Waals surface area contributed by atoms with Crippen molar-refractivity contribution in [3.8, 4) is 0 Å². The second-order valence-electron chi connectivity index (χ2n) is 7.83. The van der Waals surface area contributed by atoms with E-state index in [0.29, 0.717) is 13.2 Å². The van der Waals surface area contributed by atoms with Crippen molar-refractivity contribution >= 4 is 27.3 Å². The molecular formula is C18H27F3N2O5S2. The lowest BCUT2D eigenvalue weighted by molar-refractivity contribution is -0.192. The summed E-state index contributed by atoms with van der Waals surface area (Å²) in [7, 11) is -1.51. The Hall–Kier alpha value is -1.21. The van der Waals surface area contributed by atoms with E-state index in [1.165, 1.54) is 11.8 Å². The number of hydrogen-bond acceptors (Lipinski definition) is 6. The van der Waals surface area contributed by atoms with E-state index in [-0.39, 0.29) is 11.5 Å². The van der Waals surface area contributed by atoms with Gasteiger partial charge in [-0.2, -0.15) is 28.8 Å². The molecule has 2 saturated heterocycles. The fraction of sp³-hybridized carbons (Fsp3) is 0.722. The lowest BCUT2D eigenvalue weighted by Gasteiger charge is -2.39. The summed E-state index contributed by atoms with van der Waals surface area (Å²) in [5, 5.41) is 11.5. The minimum atomic E-state index is -5.08. The minimum Gasteiger partial charge on any atom is -0.475 e. The Balaban J connectivity index is 0.000000396. The number of carboxylic acid groups (broad SMARTS) is 1. The third-order valence-corrected chi connectivity index (χ3v) is 7.51. The molecule has 0 bridgehead atoms. The van der Waals surface area contributed by atoms with Gasteiger partial charge in [-0.1, -0.05) is 0 Å². The van der Waals surface area contributed by atoms with Crippen molar-refractivity contribution in [1.29, 1.82) is 0 Å². The topological polar surface area (TPSA) is 87.2 Å². The molecule has 30 heavy (non-hydrogen) atoms. The first-order chi connectivity index (χ1) is 13.9. The molecule has 2 aliphatic rings. The van der Waals surface area contributed by atoms with E-state index in [1.807, 2.05) is 0 Å². The number of methoxy groups -OCH3 is 1. The van der Waals surface area contributed by atoms with Crippen LogP contribution in [0.1, 0.15) is 24.8 Å². The number of rotatable bonds is 5. The zero-order chi connectivity index (χ0) is 22.6. The van der Waals surface area contributed by atoms with Crippen molar-refractivity contribution in [1.82, 2.24) is 9.21 Å². The van der Waals surface area contributed by atoms with Gasteiger partial charge in [0.1, 0.15) is 0 Å². The predicted octanol–water partition coefficient (Wildman–Crippen LogP) is 2.64. The lowest BCUT2D eigenvalue weighted by atomic mass is 9.76. The van der Waals surface area contributed by atoms with Crippen LogP contribution >= 0.6 is 11.3 Å². The van der Waals surface area contributed by atoms with Crippen LogP contribution in [0.2, 0.25) is 0 Å². The zero-order valence-electron chi connectivity index (χ0n) is 16.9. The predicted molar refractivity (Wildman–Crippen MR) is 107 cm³/mol. The van der Waals surface area contributed by atoms with Gasteiger partial charge in [0.2, 0.25) is 10.0 Å². The van der Waals surface area contributed by atoms with Crippen LogP contribution in [0.5, 0.6) is 0 Å². The molecule has 2 fully saturated rings. The smallest absolute Gasteiger partial charge is 0.475 e. The fourth-order valence-corrected chi connectivity index (χ4v) is 5.88. The number of thiophene rings is 1. The number of halogens is 3. The van der Waals surface area contributed by atoms with Crippen LogP contribution in [0.25, 0.3) is 0 Å². The van der Waals surface area contributed by atoms with Gasteiger partial charge in [-0.15, -0.1) is 0 Å². The van der Waals surface area contributed by atoms with Crippen molar-refractivity contribution in [3.05, 3.63) is 22.4 Å². The van der Waals surface area contributed by atoms with Crippen molar-refractivity contribution in [2.24, 2.45) is 5.41 Å². The van der Waals surface area contributed by atoms with E-state index in [9.17, 15) is 21.6 Å². The summed E-state index contributed by atoms with van der Waals surface area (Å²) in [6, 6.07) is 2.18. The van der Waals surface area contributed by atoms with E-state index < -0.39 is 22.2 Å². The molecule has 12 heteroatoms. The number of aliphatic carboxylic acids is 1. The van der Waals surface area contributed by atoms with Gasteiger partial charge in [0.05, 0.1) is 12.9 Å². The SMILES string of the molecule is COCC1CC2(CCN(Cc3ccsc3)CC2)CN1S(C)(=O)=O.O=C(O)C(F)(F)F.